The van der Waals surface area contributed by atoms with Crippen LogP contribution >= 0.6 is 0 Å². The molecule has 3 nitrogen and oxygen atoms in total. The van der Waals surface area contributed by atoms with Gasteiger partial charge in [-0.2, -0.15) is 0 Å². The van der Waals surface area contributed by atoms with E-state index in [-0.39, 0.29) is 5.56 Å². The number of hydrogen-bond donors (Lipinski definition) is 1. The summed E-state index contributed by atoms with van der Waals surface area (Å²) in [7, 11) is 0. The molecule has 0 aromatic carbocycles. The van der Waals surface area contributed by atoms with Crippen molar-refractivity contribution < 1.29 is 0 Å². The van der Waals surface area contributed by atoms with Crippen LogP contribution in [0, 0.1) is 6.92 Å². The van der Waals surface area contributed by atoms with E-state index in [0.29, 0.717) is 6.04 Å². The average Bonchev–Trinajstić information content (AvgIpc) is 2.34. The SMILES string of the molecule is CCCN1CCCCC1c1c[nH]c(=O)c(C)c1. The van der Waals surface area contributed by atoms with Crippen LogP contribution in [0.15, 0.2) is 17.1 Å². The Morgan fingerprint density at radius 2 is 2.29 bits per heavy atom. The van der Waals surface area contributed by atoms with Crippen LogP contribution in [0.1, 0.15) is 49.8 Å². The molecule has 1 aliphatic heterocycles. The van der Waals surface area contributed by atoms with E-state index in [1.54, 1.807) is 0 Å². The molecule has 94 valence electrons. The van der Waals surface area contributed by atoms with Gasteiger partial charge < -0.3 is 4.98 Å². The molecule has 1 unspecified atom stereocenters. The maximum absolute atomic E-state index is 11.4. The summed E-state index contributed by atoms with van der Waals surface area (Å²) in [4.78, 5) is 16.8. The number of nitrogens with one attached hydrogen (secondary N) is 1. The zero-order valence-corrected chi connectivity index (χ0v) is 10.8. The smallest absolute Gasteiger partial charge is 0.250 e. The molecule has 3 heteroatoms. The second-order valence-corrected chi connectivity index (χ2v) is 4.99. The molecule has 1 saturated heterocycles. The van der Waals surface area contributed by atoms with Gasteiger partial charge in [0.1, 0.15) is 0 Å². The highest BCUT2D eigenvalue weighted by molar-refractivity contribution is 5.20. The molecular weight excluding hydrogens is 212 g/mol. The van der Waals surface area contributed by atoms with Gasteiger partial charge in [-0.3, -0.25) is 9.69 Å². The van der Waals surface area contributed by atoms with E-state index in [0.717, 1.165) is 12.1 Å². The number of nitrogens with zero attached hydrogens (tertiary/aromatic N) is 1. The minimum absolute atomic E-state index is 0.0339. The summed E-state index contributed by atoms with van der Waals surface area (Å²) >= 11 is 0. The molecule has 0 radical (unpaired) electrons. The summed E-state index contributed by atoms with van der Waals surface area (Å²) in [5.41, 5.74) is 2.13. The Kier molecular flexibility index (Phi) is 4.00. The number of H-pyrrole nitrogens is 1. The van der Waals surface area contributed by atoms with Crippen LogP contribution in [0.3, 0.4) is 0 Å². The average molecular weight is 234 g/mol. The van der Waals surface area contributed by atoms with Crippen LogP contribution in [-0.2, 0) is 0 Å². The van der Waals surface area contributed by atoms with Crippen molar-refractivity contribution in [3.8, 4) is 0 Å². The highest BCUT2D eigenvalue weighted by Crippen LogP contribution is 2.30. The van der Waals surface area contributed by atoms with Crippen molar-refractivity contribution in [3.05, 3.63) is 33.7 Å². The highest BCUT2D eigenvalue weighted by Gasteiger charge is 2.23. The summed E-state index contributed by atoms with van der Waals surface area (Å²) in [6.07, 6.45) is 6.90. The summed E-state index contributed by atoms with van der Waals surface area (Å²) < 4.78 is 0. The van der Waals surface area contributed by atoms with Crippen LogP contribution in [0.2, 0.25) is 0 Å². The van der Waals surface area contributed by atoms with Crippen molar-refractivity contribution >= 4 is 0 Å². The Hall–Kier alpha value is -1.09. The lowest BCUT2D eigenvalue weighted by atomic mass is 9.95. The van der Waals surface area contributed by atoms with E-state index >= 15 is 0 Å². The first-order chi connectivity index (χ1) is 8.22. The zero-order chi connectivity index (χ0) is 12.3. The lowest BCUT2D eigenvalue weighted by Gasteiger charge is -2.35. The lowest BCUT2D eigenvalue weighted by Crippen LogP contribution is -2.34. The van der Waals surface area contributed by atoms with Crippen LogP contribution in [0.4, 0.5) is 0 Å². The maximum atomic E-state index is 11.4. The minimum Gasteiger partial charge on any atom is -0.329 e. The summed E-state index contributed by atoms with van der Waals surface area (Å²) in [6, 6.07) is 2.55. The molecule has 1 atom stereocenters. The fraction of sp³-hybridized carbons (Fsp3) is 0.643. The van der Waals surface area contributed by atoms with Crippen LogP contribution in [0.25, 0.3) is 0 Å². The molecule has 1 aliphatic rings. The Morgan fingerprint density at radius 3 is 3.00 bits per heavy atom. The molecule has 1 aromatic heterocycles. The number of pyridine rings is 1. The number of likely N-dealkylation sites (tertiary alicyclic amines) is 1. The first kappa shape index (κ1) is 12.4. The molecule has 0 saturated carbocycles. The molecule has 17 heavy (non-hydrogen) atoms. The van der Waals surface area contributed by atoms with E-state index in [4.69, 9.17) is 0 Å². The van der Waals surface area contributed by atoms with Crippen molar-refractivity contribution in [2.45, 2.75) is 45.6 Å². The monoisotopic (exact) mass is 234 g/mol. The van der Waals surface area contributed by atoms with Gasteiger partial charge in [0.15, 0.2) is 0 Å². The van der Waals surface area contributed by atoms with E-state index in [1.165, 1.54) is 37.8 Å². The third-order valence-corrected chi connectivity index (χ3v) is 3.62. The van der Waals surface area contributed by atoms with Crippen molar-refractivity contribution in [2.75, 3.05) is 13.1 Å². The number of piperidine rings is 1. The van der Waals surface area contributed by atoms with Gasteiger partial charge in [-0.1, -0.05) is 13.3 Å². The second kappa shape index (κ2) is 5.50. The number of aryl methyl sites for hydroxylation is 1. The van der Waals surface area contributed by atoms with Crippen molar-refractivity contribution in [3.63, 3.8) is 0 Å². The molecule has 1 aromatic rings. The Labute approximate surface area is 103 Å². The molecule has 2 rings (SSSR count). The molecule has 0 aliphatic carbocycles. The molecule has 2 heterocycles. The molecule has 0 amide bonds. The molecular formula is C14H22N2O. The van der Waals surface area contributed by atoms with Crippen molar-refractivity contribution in [1.29, 1.82) is 0 Å². The third kappa shape index (κ3) is 2.78. The van der Waals surface area contributed by atoms with Crippen LogP contribution in [-0.4, -0.2) is 23.0 Å². The van der Waals surface area contributed by atoms with Gasteiger partial charge in [0.25, 0.3) is 5.56 Å². The number of aromatic amines is 1. The topological polar surface area (TPSA) is 36.1 Å². The quantitative estimate of drug-likeness (QED) is 0.872. The fourth-order valence-electron chi connectivity index (χ4n) is 2.74. The summed E-state index contributed by atoms with van der Waals surface area (Å²) in [6.45, 7) is 6.46. The number of hydrogen-bond acceptors (Lipinski definition) is 2. The summed E-state index contributed by atoms with van der Waals surface area (Å²) in [5, 5.41) is 0. The Balaban J connectivity index is 2.23. The second-order valence-electron chi connectivity index (χ2n) is 4.99. The molecule has 0 bridgehead atoms. The maximum Gasteiger partial charge on any atom is 0.250 e. The van der Waals surface area contributed by atoms with Gasteiger partial charge in [0.2, 0.25) is 0 Å². The molecule has 1 N–H and O–H groups in total. The molecule has 0 spiro atoms. The van der Waals surface area contributed by atoms with Gasteiger partial charge in [0, 0.05) is 17.8 Å². The van der Waals surface area contributed by atoms with Crippen LogP contribution < -0.4 is 5.56 Å². The van der Waals surface area contributed by atoms with Crippen molar-refractivity contribution in [2.24, 2.45) is 0 Å². The fourth-order valence-corrected chi connectivity index (χ4v) is 2.74. The summed E-state index contributed by atoms with van der Waals surface area (Å²) in [5.74, 6) is 0. The highest BCUT2D eigenvalue weighted by atomic mass is 16.1. The third-order valence-electron chi connectivity index (χ3n) is 3.62. The Bertz CT molecular complexity index is 422. The van der Waals surface area contributed by atoms with E-state index < -0.39 is 0 Å². The van der Waals surface area contributed by atoms with E-state index in [1.807, 2.05) is 13.1 Å². The van der Waals surface area contributed by atoms with Gasteiger partial charge in [0.05, 0.1) is 0 Å². The van der Waals surface area contributed by atoms with Gasteiger partial charge in [-0.25, -0.2) is 0 Å². The Morgan fingerprint density at radius 1 is 1.47 bits per heavy atom. The lowest BCUT2D eigenvalue weighted by molar-refractivity contribution is 0.148. The van der Waals surface area contributed by atoms with E-state index in [2.05, 4.69) is 22.9 Å². The predicted octanol–water partition coefficient (Wildman–Crippen LogP) is 2.62. The standard InChI is InChI=1S/C14H22N2O/c1-3-7-16-8-5-4-6-13(16)12-9-11(2)14(17)15-10-12/h9-10,13H,3-8H2,1-2H3,(H,15,17). The van der Waals surface area contributed by atoms with Gasteiger partial charge in [-0.05, 0) is 50.9 Å². The number of aromatic nitrogens is 1. The minimum atomic E-state index is 0.0339. The number of rotatable bonds is 3. The van der Waals surface area contributed by atoms with E-state index in [9.17, 15) is 4.79 Å². The first-order valence-electron chi connectivity index (χ1n) is 6.65. The first-order valence-corrected chi connectivity index (χ1v) is 6.65. The molecule has 1 fully saturated rings. The van der Waals surface area contributed by atoms with Gasteiger partial charge in [-0.15, -0.1) is 0 Å². The van der Waals surface area contributed by atoms with Gasteiger partial charge >= 0.3 is 0 Å². The van der Waals surface area contributed by atoms with Crippen molar-refractivity contribution in [1.82, 2.24) is 9.88 Å². The van der Waals surface area contributed by atoms with Crippen LogP contribution in [0.5, 0.6) is 0 Å². The largest absolute Gasteiger partial charge is 0.329 e. The predicted molar refractivity (Wildman–Crippen MR) is 70.3 cm³/mol. The zero-order valence-electron chi connectivity index (χ0n) is 10.8. The normalized spacial score (nSPS) is 21.6.